The maximum absolute atomic E-state index is 11.5. The molecule has 3 N–H and O–H groups in total. The van der Waals surface area contributed by atoms with E-state index in [2.05, 4.69) is 9.46 Å². The second kappa shape index (κ2) is 4.50. The van der Waals surface area contributed by atoms with Gasteiger partial charge in [0.05, 0.1) is 18.4 Å². The first kappa shape index (κ1) is 12.5. The quantitative estimate of drug-likeness (QED) is 0.574. The van der Waals surface area contributed by atoms with E-state index < -0.39 is 16.0 Å². The number of esters is 1. The fourth-order valence-corrected chi connectivity index (χ4v) is 1.98. The van der Waals surface area contributed by atoms with Gasteiger partial charge in [-0.25, -0.2) is 17.9 Å². The molecule has 0 atom stereocenters. The minimum absolute atomic E-state index is 0.00255. The summed E-state index contributed by atoms with van der Waals surface area (Å²) >= 11 is 0. The summed E-state index contributed by atoms with van der Waals surface area (Å²) in [5.41, 5.74) is 5.75. The highest BCUT2D eigenvalue weighted by atomic mass is 32.2. The molecular formula is C9H12N2O4S. The first-order chi connectivity index (χ1) is 7.42. The Morgan fingerprint density at radius 2 is 2.06 bits per heavy atom. The average molecular weight is 244 g/mol. The summed E-state index contributed by atoms with van der Waals surface area (Å²) in [4.78, 5) is 11.1. The van der Waals surface area contributed by atoms with Crippen LogP contribution in [0, 0.1) is 0 Å². The van der Waals surface area contributed by atoms with E-state index >= 15 is 0 Å². The molecule has 0 bridgehead atoms. The van der Waals surface area contributed by atoms with Crippen molar-refractivity contribution < 1.29 is 17.9 Å². The number of nitrogen functional groups attached to an aromatic ring is 1. The number of hydrogen-bond acceptors (Lipinski definition) is 5. The van der Waals surface area contributed by atoms with E-state index in [1.54, 1.807) is 0 Å². The topological polar surface area (TPSA) is 98.5 Å². The first-order valence-corrected chi connectivity index (χ1v) is 5.82. The lowest BCUT2D eigenvalue weighted by atomic mass is 10.2. The van der Waals surface area contributed by atoms with Gasteiger partial charge in [-0.3, -0.25) is 0 Å². The number of carbonyl (C=O) groups is 1. The van der Waals surface area contributed by atoms with Crippen molar-refractivity contribution in [1.82, 2.24) is 4.72 Å². The normalized spacial score (nSPS) is 11.1. The summed E-state index contributed by atoms with van der Waals surface area (Å²) in [7, 11) is -1.09. The molecule has 0 radical (unpaired) electrons. The Bertz CT molecular complexity index is 510. The fourth-order valence-electron chi connectivity index (χ4n) is 1.15. The Labute approximate surface area is 93.5 Å². The van der Waals surface area contributed by atoms with E-state index in [0.29, 0.717) is 0 Å². The molecule has 16 heavy (non-hydrogen) atoms. The van der Waals surface area contributed by atoms with Crippen molar-refractivity contribution in [3.8, 4) is 0 Å². The van der Waals surface area contributed by atoms with Gasteiger partial charge in [0.1, 0.15) is 4.90 Å². The van der Waals surface area contributed by atoms with Crippen LogP contribution in [0.5, 0.6) is 0 Å². The maximum Gasteiger partial charge on any atom is 0.337 e. The maximum atomic E-state index is 11.5. The average Bonchev–Trinajstić information content (AvgIpc) is 2.27. The van der Waals surface area contributed by atoms with E-state index in [4.69, 9.17) is 5.73 Å². The van der Waals surface area contributed by atoms with Crippen LogP contribution < -0.4 is 10.5 Å². The fraction of sp³-hybridized carbons (Fsp3) is 0.222. The molecule has 0 aliphatic rings. The Morgan fingerprint density at radius 1 is 1.44 bits per heavy atom. The second-order valence-corrected chi connectivity index (χ2v) is 4.81. The van der Waals surface area contributed by atoms with Gasteiger partial charge in [0.2, 0.25) is 10.0 Å². The van der Waals surface area contributed by atoms with Gasteiger partial charge in [-0.05, 0) is 25.2 Å². The summed E-state index contributed by atoms with van der Waals surface area (Å²) in [5.74, 6) is -0.569. The van der Waals surface area contributed by atoms with Gasteiger partial charge in [0.25, 0.3) is 0 Å². The van der Waals surface area contributed by atoms with Crippen LogP contribution in [0.4, 0.5) is 5.69 Å². The van der Waals surface area contributed by atoms with Crippen LogP contribution in [0.15, 0.2) is 23.1 Å². The molecule has 0 fully saturated rings. The highest BCUT2D eigenvalue weighted by Gasteiger charge is 2.17. The molecule has 7 heteroatoms. The highest BCUT2D eigenvalue weighted by molar-refractivity contribution is 7.89. The van der Waals surface area contributed by atoms with Crippen LogP contribution in [-0.4, -0.2) is 28.5 Å². The molecule has 0 aliphatic carbocycles. The van der Waals surface area contributed by atoms with Gasteiger partial charge in [0, 0.05) is 0 Å². The number of hydrogen-bond donors (Lipinski definition) is 2. The molecule has 0 saturated heterocycles. The number of rotatable bonds is 3. The van der Waals surface area contributed by atoms with Crippen molar-refractivity contribution >= 4 is 21.7 Å². The van der Waals surface area contributed by atoms with E-state index in [1.807, 2.05) is 0 Å². The summed E-state index contributed by atoms with van der Waals surface area (Å²) in [6.45, 7) is 0. The zero-order valence-electron chi connectivity index (χ0n) is 8.85. The number of methoxy groups -OCH3 is 1. The SMILES string of the molecule is CNS(=O)(=O)c1ccc(C(=O)OC)cc1N. The molecule has 0 aliphatic heterocycles. The second-order valence-electron chi connectivity index (χ2n) is 2.95. The van der Waals surface area contributed by atoms with Crippen molar-refractivity contribution in [2.45, 2.75) is 4.90 Å². The van der Waals surface area contributed by atoms with Crippen molar-refractivity contribution in [3.63, 3.8) is 0 Å². The molecule has 0 aromatic heterocycles. The number of nitrogens with two attached hydrogens (primary N) is 1. The molecule has 0 spiro atoms. The van der Waals surface area contributed by atoms with Gasteiger partial charge in [-0.15, -0.1) is 0 Å². The lowest BCUT2D eigenvalue weighted by Crippen LogP contribution is -2.20. The predicted octanol–water partition coefficient (Wildman–Crippen LogP) is -0.0365. The zero-order valence-corrected chi connectivity index (χ0v) is 9.67. The highest BCUT2D eigenvalue weighted by Crippen LogP contribution is 2.19. The molecule has 1 rings (SSSR count). The summed E-state index contributed by atoms with van der Waals surface area (Å²) < 4.78 is 29.6. The summed E-state index contributed by atoms with van der Waals surface area (Å²) in [5, 5.41) is 0. The molecular weight excluding hydrogens is 232 g/mol. The Kier molecular flexibility index (Phi) is 3.51. The molecule has 1 aromatic carbocycles. The van der Waals surface area contributed by atoms with Crippen molar-refractivity contribution in [1.29, 1.82) is 0 Å². The molecule has 88 valence electrons. The van der Waals surface area contributed by atoms with Gasteiger partial charge < -0.3 is 10.5 Å². The summed E-state index contributed by atoms with van der Waals surface area (Å²) in [6, 6.07) is 3.86. The third-order valence-electron chi connectivity index (χ3n) is 1.99. The third kappa shape index (κ3) is 2.31. The molecule has 1 aromatic rings. The number of ether oxygens (including phenoxy) is 1. The number of nitrogens with one attached hydrogen (secondary N) is 1. The van der Waals surface area contributed by atoms with Gasteiger partial charge in [-0.2, -0.15) is 0 Å². The number of anilines is 1. The molecule has 0 saturated carbocycles. The predicted molar refractivity (Wildman–Crippen MR) is 58.4 cm³/mol. The van der Waals surface area contributed by atoms with E-state index in [-0.39, 0.29) is 16.1 Å². The first-order valence-electron chi connectivity index (χ1n) is 4.33. The molecule has 6 nitrogen and oxygen atoms in total. The van der Waals surface area contributed by atoms with Crippen LogP contribution in [-0.2, 0) is 14.8 Å². The standard InChI is InChI=1S/C9H12N2O4S/c1-11-16(13,14)8-4-3-6(5-7(8)10)9(12)15-2/h3-5,11H,10H2,1-2H3. The molecule has 0 heterocycles. The Morgan fingerprint density at radius 3 is 2.50 bits per heavy atom. The smallest absolute Gasteiger partial charge is 0.337 e. The van der Waals surface area contributed by atoms with Crippen LogP contribution in [0.3, 0.4) is 0 Å². The lowest BCUT2D eigenvalue weighted by molar-refractivity contribution is 0.0600. The van der Waals surface area contributed by atoms with Crippen molar-refractivity contribution in [2.24, 2.45) is 0 Å². The largest absolute Gasteiger partial charge is 0.465 e. The Hall–Kier alpha value is -1.60. The van der Waals surface area contributed by atoms with Gasteiger partial charge in [0.15, 0.2) is 0 Å². The number of carbonyl (C=O) groups excluding carboxylic acids is 1. The van der Waals surface area contributed by atoms with Crippen LogP contribution in [0.2, 0.25) is 0 Å². The molecule has 0 unspecified atom stereocenters. The van der Waals surface area contributed by atoms with E-state index in [1.165, 1.54) is 32.4 Å². The molecule has 0 amide bonds. The van der Waals surface area contributed by atoms with Crippen LogP contribution in [0.25, 0.3) is 0 Å². The van der Waals surface area contributed by atoms with Crippen LogP contribution >= 0.6 is 0 Å². The lowest BCUT2D eigenvalue weighted by Gasteiger charge is -2.07. The van der Waals surface area contributed by atoms with E-state index in [0.717, 1.165) is 0 Å². The van der Waals surface area contributed by atoms with Crippen molar-refractivity contribution in [3.05, 3.63) is 23.8 Å². The zero-order chi connectivity index (χ0) is 12.3. The monoisotopic (exact) mass is 244 g/mol. The third-order valence-corrected chi connectivity index (χ3v) is 3.48. The number of benzene rings is 1. The summed E-state index contributed by atoms with van der Waals surface area (Å²) in [6.07, 6.45) is 0. The van der Waals surface area contributed by atoms with Gasteiger partial charge in [-0.1, -0.05) is 0 Å². The van der Waals surface area contributed by atoms with Gasteiger partial charge >= 0.3 is 5.97 Å². The Balaban J connectivity index is 3.25. The van der Waals surface area contributed by atoms with Crippen LogP contribution in [0.1, 0.15) is 10.4 Å². The minimum Gasteiger partial charge on any atom is -0.465 e. The van der Waals surface area contributed by atoms with Crippen molar-refractivity contribution in [2.75, 3.05) is 19.9 Å². The minimum atomic E-state index is -3.61. The number of sulfonamides is 1. The van der Waals surface area contributed by atoms with E-state index in [9.17, 15) is 13.2 Å².